The number of hydrogen-bond acceptors (Lipinski definition) is 2. The molecule has 0 fully saturated rings. The molecule has 1 aromatic heterocycles. The van der Waals surface area contributed by atoms with Crippen LogP contribution in [-0.2, 0) is 4.79 Å². The first-order valence-electron chi connectivity index (χ1n) is 6.53. The van der Waals surface area contributed by atoms with E-state index in [1.807, 2.05) is 0 Å². The normalized spacial score (nSPS) is 10.2. The molecule has 0 aliphatic carbocycles. The summed E-state index contributed by atoms with van der Waals surface area (Å²) in [4.78, 5) is 15.5. The first-order valence-corrected chi connectivity index (χ1v) is 6.53. The number of nitrogens with zero attached hydrogens (tertiary/aromatic N) is 1. The maximum absolute atomic E-state index is 11.6. The number of anilines is 1. The Morgan fingerprint density at radius 3 is 2.47 bits per heavy atom. The van der Waals surface area contributed by atoms with Gasteiger partial charge in [-0.3, -0.25) is 9.78 Å². The monoisotopic (exact) mass is 234 g/mol. The van der Waals surface area contributed by atoms with Crippen LogP contribution in [0.5, 0.6) is 0 Å². The van der Waals surface area contributed by atoms with E-state index in [0.29, 0.717) is 6.42 Å². The average molecular weight is 234 g/mol. The van der Waals surface area contributed by atoms with E-state index in [0.717, 1.165) is 18.5 Å². The lowest BCUT2D eigenvalue weighted by atomic mass is 10.1. The van der Waals surface area contributed by atoms with Crippen LogP contribution < -0.4 is 5.32 Å². The predicted octanol–water partition coefficient (Wildman–Crippen LogP) is 3.77. The summed E-state index contributed by atoms with van der Waals surface area (Å²) >= 11 is 0. The molecule has 94 valence electrons. The van der Waals surface area contributed by atoms with Gasteiger partial charge in [0.05, 0.1) is 0 Å². The largest absolute Gasteiger partial charge is 0.326 e. The number of rotatable bonds is 8. The van der Waals surface area contributed by atoms with E-state index in [9.17, 15) is 4.79 Å². The van der Waals surface area contributed by atoms with Crippen molar-refractivity contribution < 1.29 is 4.79 Å². The lowest BCUT2D eigenvalue weighted by Gasteiger charge is -2.04. The van der Waals surface area contributed by atoms with Gasteiger partial charge in [0.1, 0.15) is 0 Å². The zero-order chi connectivity index (χ0) is 12.3. The molecule has 0 saturated carbocycles. The molecule has 0 unspecified atom stereocenters. The molecule has 1 N–H and O–H groups in total. The van der Waals surface area contributed by atoms with Gasteiger partial charge in [0.25, 0.3) is 0 Å². The topological polar surface area (TPSA) is 42.0 Å². The van der Waals surface area contributed by atoms with E-state index in [2.05, 4.69) is 17.2 Å². The first-order chi connectivity index (χ1) is 8.33. The van der Waals surface area contributed by atoms with Crippen molar-refractivity contribution in [3.8, 4) is 0 Å². The summed E-state index contributed by atoms with van der Waals surface area (Å²) in [5.74, 6) is 0.103. The maximum Gasteiger partial charge on any atom is 0.224 e. The fourth-order valence-electron chi connectivity index (χ4n) is 1.72. The second-order valence-corrected chi connectivity index (χ2v) is 4.30. The van der Waals surface area contributed by atoms with Crippen molar-refractivity contribution >= 4 is 11.6 Å². The van der Waals surface area contributed by atoms with E-state index in [1.165, 1.54) is 25.7 Å². The SMILES string of the molecule is CCCCCCCCC(=O)Nc1ccncc1. The summed E-state index contributed by atoms with van der Waals surface area (Å²) in [6.07, 6.45) is 11.2. The zero-order valence-corrected chi connectivity index (χ0v) is 10.6. The van der Waals surface area contributed by atoms with E-state index in [1.54, 1.807) is 24.5 Å². The van der Waals surface area contributed by atoms with Crippen molar-refractivity contribution in [2.24, 2.45) is 0 Å². The van der Waals surface area contributed by atoms with Gasteiger partial charge in [-0.05, 0) is 18.6 Å². The number of aromatic nitrogens is 1. The number of pyridine rings is 1. The van der Waals surface area contributed by atoms with Crippen LogP contribution >= 0.6 is 0 Å². The molecule has 1 heterocycles. The van der Waals surface area contributed by atoms with Crippen molar-refractivity contribution in [3.05, 3.63) is 24.5 Å². The molecule has 0 radical (unpaired) electrons. The lowest BCUT2D eigenvalue weighted by Crippen LogP contribution is -2.10. The van der Waals surface area contributed by atoms with Crippen LogP contribution in [0, 0.1) is 0 Å². The Morgan fingerprint density at radius 1 is 1.12 bits per heavy atom. The Morgan fingerprint density at radius 2 is 1.76 bits per heavy atom. The maximum atomic E-state index is 11.6. The Labute approximate surface area is 104 Å². The van der Waals surface area contributed by atoms with Gasteiger partial charge in [-0.25, -0.2) is 0 Å². The minimum Gasteiger partial charge on any atom is -0.326 e. The fraction of sp³-hybridized carbons (Fsp3) is 0.571. The minimum atomic E-state index is 0.103. The van der Waals surface area contributed by atoms with Gasteiger partial charge < -0.3 is 5.32 Å². The van der Waals surface area contributed by atoms with Gasteiger partial charge in [0.2, 0.25) is 5.91 Å². The number of carbonyl (C=O) groups excluding carboxylic acids is 1. The van der Waals surface area contributed by atoms with Gasteiger partial charge in [-0.15, -0.1) is 0 Å². The quantitative estimate of drug-likeness (QED) is 0.696. The molecular formula is C14H22N2O. The highest BCUT2D eigenvalue weighted by atomic mass is 16.1. The summed E-state index contributed by atoms with van der Waals surface area (Å²) < 4.78 is 0. The third-order valence-electron chi connectivity index (χ3n) is 2.72. The fourth-order valence-corrected chi connectivity index (χ4v) is 1.72. The highest BCUT2D eigenvalue weighted by molar-refractivity contribution is 5.90. The van der Waals surface area contributed by atoms with Crippen molar-refractivity contribution in [2.75, 3.05) is 5.32 Å². The summed E-state index contributed by atoms with van der Waals surface area (Å²) in [5, 5.41) is 2.87. The Hall–Kier alpha value is -1.38. The third kappa shape index (κ3) is 6.72. The first kappa shape index (κ1) is 13.7. The van der Waals surface area contributed by atoms with Crippen LogP contribution in [0.4, 0.5) is 5.69 Å². The molecule has 0 bridgehead atoms. The number of hydrogen-bond donors (Lipinski definition) is 1. The van der Waals surface area contributed by atoms with E-state index in [4.69, 9.17) is 0 Å². The van der Waals surface area contributed by atoms with E-state index in [-0.39, 0.29) is 5.91 Å². The van der Waals surface area contributed by atoms with Crippen LogP contribution in [0.25, 0.3) is 0 Å². The van der Waals surface area contributed by atoms with Crippen LogP contribution in [0.15, 0.2) is 24.5 Å². The Kier molecular flexibility index (Phi) is 7.03. The van der Waals surface area contributed by atoms with Crippen LogP contribution in [0.3, 0.4) is 0 Å². The molecule has 0 aromatic carbocycles. The Bertz CT molecular complexity index is 311. The van der Waals surface area contributed by atoms with Crippen molar-refractivity contribution in [3.63, 3.8) is 0 Å². The summed E-state index contributed by atoms with van der Waals surface area (Å²) in [6, 6.07) is 3.61. The molecule has 0 atom stereocenters. The third-order valence-corrected chi connectivity index (χ3v) is 2.72. The van der Waals surface area contributed by atoms with Crippen LogP contribution in [-0.4, -0.2) is 10.9 Å². The molecule has 1 amide bonds. The average Bonchev–Trinajstić information content (AvgIpc) is 2.35. The van der Waals surface area contributed by atoms with Gasteiger partial charge in [0, 0.05) is 24.5 Å². The molecule has 3 nitrogen and oxygen atoms in total. The lowest BCUT2D eigenvalue weighted by molar-refractivity contribution is -0.116. The number of carbonyl (C=O) groups is 1. The molecule has 3 heteroatoms. The second-order valence-electron chi connectivity index (χ2n) is 4.30. The molecule has 1 rings (SSSR count). The molecule has 0 spiro atoms. The minimum absolute atomic E-state index is 0.103. The Balaban J connectivity index is 2.06. The summed E-state index contributed by atoms with van der Waals surface area (Å²) in [7, 11) is 0. The zero-order valence-electron chi connectivity index (χ0n) is 10.6. The highest BCUT2D eigenvalue weighted by Crippen LogP contribution is 2.09. The number of nitrogens with one attached hydrogen (secondary N) is 1. The summed E-state index contributed by atoms with van der Waals surface area (Å²) in [5.41, 5.74) is 0.830. The predicted molar refractivity (Wildman–Crippen MR) is 70.9 cm³/mol. The van der Waals surface area contributed by atoms with E-state index >= 15 is 0 Å². The van der Waals surface area contributed by atoms with Gasteiger partial charge >= 0.3 is 0 Å². The molecular weight excluding hydrogens is 212 g/mol. The van der Waals surface area contributed by atoms with Crippen LogP contribution in [0.2, 0.25) is 0 Å². The molecule has 0 aliphatic rings. The molecule has 0 saturated heterocycles. The van der Waals surface area contributed by atoms with Crippen molar-refractivity contribution in [1.29, 1.82) is 0 Å². The molecule has 0 aliphatic heterocycles. The second kappa shape index (κ2) is 8.74. The molecule has 17 heavy (non-hydrogen) atoms. The van der Waals surface area contributed by atoms with Gasteiger partial charge in [-0.1, -0.05) is 39.0 Å². The van der Waals surface area contributed by atoms with Crippen LogP contribution in [0.1, 0.15) is 51.9 Å². The van der Waals surface area contributed by atoms with Crippen molar-refractivity contribution in [1.82, 2.24) is 4.98 Å². The molecule has 1 aromatic rings. The van der Waals surface area contributed by atoms with E-state index < -0.39 is 0 Å². The number of unbranched alkanes of at least 4 members (excludes halogenated alkanes) is 5. The highest BCUT2D eigenvalue weighted by Gasteiger charge is 2.01. The van der Waals surface area contributed by atoms with Gasteiger partial charge in [0.15, 0.2) is 0 Å². The number of amides is 1. The van der Waals surface area contributed by atoms with Gasteiger partial charge in [-0.2, -0.15) is 0 Å². The smallest absolute Gasteiger partial charge is 0.224 e. The summed E-state index contributed by atoms with van der Waals surface area (Å²) in [6.45, 7) is 2.21. The van der Waals surface area contributed by atoms with Crippen molar-refractivity contribution in [2.45, 2.75) is 51.9 Å². The standard InChI is InChI=1S/C14H22N2O/c1-2-3-4-5-6-7-8-14(17)16-13-9-11-15-12-10-13/h9-12H,2-8H2,1H3,(H,15,16,17).